The molecule has 0 radical (unpaired) electrons. The van der Waals surface area contributed by atoms with Crippen LogP contribution in [0.3, 0.4) is 0 Å². The zero-order valence-electron chi connectivity index (χ0n) is 16.6. The standard InChI is InChI=1S/C21H27F2N3O2S/c1-17-5-4-6-19(15-17)26-13-11-25(12-14-26)10-3-2-9-24-29(27,28)21-16-18(22)7-8-20(21)23/h4-8,15-16,24H,2-3,9-14H2,1H3. The van der Waals surface area contributed by atoms with Crippen LogP contribution in [0, 0.1) is 18.6 Å². The van der Waals surface area contributed by atoms with Crippen molar-refractivity contribution in [2.75, 3.05) is 44.2 Å². The van der Waals surface area contributed by atoms with E-state index in [1.165, 1.54) is 11.3 Å². The van der Waals surface area contributed by atoms with Crippen LogP contribution in [0.5, 0.6) is 0 Å². The van der Waals surface area contributed by atoms with Gasteiger partial charge in [-0.3, -0.25) is 4.90 Å². The van der Waals surface area contributed by atoms with E-state index in [1.54, 1.807) is 0 Å². The molecule has 1 aliphatic heterocycles. The summed E-state index contributed by atoms with van der Waals surface area (Å²) in [7, 11) is -4.05. The number of nitrogens with one attached hydrogen (secondary N) is 1. The van der Waals surface area contributed by atoms with Gasteiger partial charge in [-0.15, -0.1) is 0 Å². The highest BCUT2D eigenvalue weighted by Crippen LogP contribution is 2.18. The molecular weight excluding hydrogens is 396 g/mol. The quantitative estimate of drug-likeness (QED) is 0.663. The lowest BCUT2D eigenvalue weighted by Crippen LogP contribution is -2.46. The number of nitrogens with zero attached hydrogens (tertiary/aromatic N) is 2. The molecule has 8 heteroatoms. The lowest BCUT2D eigenvalue weighted by atomic mass is 10.2. The van der Waals surface area contributed by atoms with Crippen LogP contribution in [0.4, 0.5) is 14.5 Å². The summed E-state index contributed by atoms with van der Waals surface area (Å²) in [5.74, 6) is -1.73. The van der Waals surface area contributed by atoms with Crippen molar-refractivity contribution in [2.24, 2.45) is 0 Å². The maximum atomic E-state index is 13.7. The third-order valence-corrected chi connectivity index (χ3v) is 6.59. The van der Waals surface area contributed by atoms with E-state index in [0.717, 1.165) is 51.3 Å². The van der Waals surface area contributed by atoms with Gasteiger partial charge in [0.15, 0.2) is 0 Å². The zero-order chi connectivity index (χ0) is 20.9. The van der Waals surface area contributed by atoms with Gasteiger partial charge in [-0.1, -0.05) is 12.1 Å². The summed E-state index contributed by atoms with van der Waals surface area (Å²) >= 11 is 0. The molecule has 1 aliphatic rings. The molecule has 0 spiro atoms. The maximum absolute atomic E-state index is 13.7. The molecule has 0 saturated carbocycles. The number of anilines is 1. The Hall–Kier alpha value is -2.03. The van der Waals surface area contributed by atoms with Crippen molar-refractivity contribution >= 4 is 15.7 Å². The van der Waals surface area contributed by atoms with E-state index in [1.807, 2.05) is 0 Å². The summed E-state index contributed by atoms with van der Waals surface area (Å²) in [5, 5.41) is 0. The predicted molar refractivity (Wildman–Crippen MR) is 111 cm³/mol. The van der Waals surface area contributed by atoms with Crippen LogP contribution in [-0.2, 0) is 10.0 Å². The topological polar surface area (TPSA) is 52.6 Å². The summed E-state index contributed by atoms with van der Waals surface area (Å²) in [4.78, 5) is 4.10. The molecule has 0 aromatic heterocycles. The molecular formula is C21H27F2N3O2S. The average Bonchev–Trinajstić information content (AvgIpc) is 2.70. The van der Waals surface area contributed by atoms with Crippen molar-refractivity contribution in [1.29, 1.82) is 0 Å². The van der Waals surface area contributed by atoms with Gasteiger partial charge in [-0.05, 0) is 62.2 Å². The molecule has 0 atom stereocenters. The van der Waals surface area contributed by atoms with Crippen LogP contribution < -0.4 is 9.62 Å². The van der Waals surface area contributed by atoms with E-state index < -0.39 is 26.6 Å². The highest BCUT2D eigenvalue weighted by molar-refractivity contribution is 7.89. The molecule has 0 unspecified atom stereocenters. The Bertz CT molecular complexity index is 929. The first kappa shape index (κ1) is 21.7. The number of aryl methyl sites for hydroxylation is 1. The predicted octanol–water partition coefficient (Wildman–Crippen LogP) is 3.15. The molecule has 0 amide bonds. The molecule has 1 heterocycles. The van der Waals surface area contributed by atoms with Crippen molar-refractivity contribution in [2.45, 2.75) is 24.7 Å². The molecule has 3 rings (SSSR count). The lowest BCUT2D eigenvalue weighted by Gasteiger charge is -2.36. The van der Waals surface area contributed by atoms with E-state index in [-0.39, 0.29) is 6.54 Å². The minimum atomic E-state index is -4.05. The maximum Gasteiger partial charge on any atom is 0.243 e. The average molecular weight is 424 g/mol. The third-order valence-electron chi connectivity index (χ3n) is 5.12. The normalized spacial score (nSPS) is 15.6. The van der Waals surface area contributed by atoms with Gasteiger partial charge in [0.2, 0.25) is 10.0 Å². The van der Waals surface area contributed by atoms with Gasteiger partial charge in [-0.2, -0.15) is 0 Å². The van der Waals surface area contributed by atoms with Crippen LogP contribution >= 0.6 is 0 Å². The third kappa shape index (κ3) is 5.98. The van der Waals surface area contributed by atoms with Crippen LogP contribution in [0.2, 0.25) is 0 Å². The number of unbranched alkanes of at least 4 members (excludes halogenated alkanes) is 1. The molecule has 2 aromatic carbocycles. The first-order chi connectivity index (χ1) is 13.8. The summed E-state index contributed by atoms with van der Waals surface area (Å²) in [6.45, 7) is 7.04. The lowest BCUT2D eigenvalue weighted by molar-refractivity contribution is 0.253. The Morgan fingerprint density at radius 2 is 1.76 bits per heavy atom. The zero-order valence-corrected chi connectivity index (χ0v) is 17.4. The Morgan fingerprint density at radius 1 is 1.00 bits per heavy atom. The van der Waals surface area contributed by atoms with Gasteiger partial charge in [0.25, 0.3) is 0 Å². The monoisotopic (exact) mass is 423 g/mol. The fourth-order valence-corrected chi connectivity index (χ4v) is 4.64. The minimum absolute atomic E-state index is 0.196. The molecule has 0 aliphatic carbocycles. The molecule has 29 heavy (non-hydrogen) atoms. The number of benzene rings is 2. The minimum Gasteiger partial charge on any atom is -0.369 e. The molecule has 1 N–H and O–H groups in total. The van der Waals surface area contributed by atoms with Gasteiger partial charge < -0.3 is 4.90 Å². The molecule has 1 saturated heterocycles. The number of sulfonamides is 1. The van der Waals surface area contributed by atoms with Crippen molar-refractivity contribution in [3.8, 4) is 0 Å². The second kappa shape index (κ2) is 9.65. The number of halogens is 2. The Morgan fingerprint density at radius 3 is 2.48 bits per heavy atom. The summed E-state index contributed by atoms with van der Waals surface area (Å²) in [5.41, 5.74) is 2.51. The first-order valence-electron chi connectivity index (χ1n) is 9.84. The van der Waals surface area contributed by atoms with Crippen molar-refractivity contribution < 1.29 is 17.2 Å². The largest absolute Gasteiger partial charge is 0.369 e. The van der Waals surface area contributed by atoms with E-state index in [4.69, 9.17) is 0 Å². The first-order valence-corrected chi connectivity index (χ1v) is 11.3. The van der Waals surface area contributed by atoms with Crippen LogP contribution in [0.15, 0.2) is 47.4 Å². The number of hydrogen-bond donors (Lipinski definition) is 1. The Balaban J connectivity index is 1.38. The van der Waals surface area contributed by atoms with E-state index in [9.17, 15) is 17.2 Å². The fourth-order valence-electron chi connectivity index (χ4n) is 3.48. The van der Waals surface area contributed by atoms with Gasteiger partial charge in [0.05, 0.1) is 0 Å². The van der Waals surface area contributed by atoms with Gasteiger partial charge in [0, 0.05) is 38.4 Å². The van der Waals surface area contributed by atoms with Crippen molar-refractivity contribution in [1.82, 2.24) is 9.62 Å². The van der Waals surface area contributed by atoms with Gasteiger partial charge in [0.1, 0.15) is 16.5 Å². The van der Waals surface area contributed by atoms with Gasteiger partial charge >= 0.3 is 0 Å². The second-order valence-electron chi connectivity index (χ2n) is 7.35. The molecule has 0 bridgehead atoms. The summed E-state index contributed by atoms with van der Waals surface area (Å²) < 4.78 is 53.5. The Kier molecular flexibility index (Phi) is 7.21. The van der Waals surface area contributed by atoms with Crippen LogP contribution in [0.1, 0.15) is 18.4 Å². The fraction of sp³-hybridized carbons (Fsp3) is 0.429. The van der Waals surface area contributed by atoms with E-state index in [2.05, 4.69) is 45.7 Å². The SMILES string of the molecule is Cc1cccc(N2CCN(CCCCNS(=O)(=O)c3cc(F)ccc3F)CC2)c1. The summed E-state index contributed by atoms with van der Waals surface area (Å²) in [6.07, 6.45) is 1.47. The smallest absolute Gasteiger partial charge is 0.243 e. The molecule has 2 aromatic rings. The van der Waals surface area contributed by atoms with E-state index >= 15 is 0 Å². The molecule has 158 valence electrons. The number of hydrogen-bond acceptors (Lipinski definition) is 4. The molecule has 1 fully saturated rings. The van der Waals surface area contributed by atoms with Crippen LogP contribution in [0.25, 0.3) is 0 Å². The van der Waals surface area contributed by atoms with Crippen molar-refractivity contribution in [3.05, 3.63) is 59.7 Å². The highest BCUT2D eigenvalue weighted by atomic mass is 32.2. The molecule has 5 nitrogen and oxygen atoms in total. The second-order valence-corrected chi connectivity index (χ2v) is 9.08. The van der Waals surface area contributed by atoms with E-state index in [0.29, 0.717) is 12.5 Å². The van der Waals surface area contributed by atoms with Gasteiger partial charge in [-0.25, -0.2) is 21.9 Å². The number of rotatable bonds is 8. The summed E-state index contributed by atoms with van der Waals surface area (Å²) in [6, 6.07) is 10.9. The highest BCUT2D eigenvalue weighted by Gasteiger charge is 2.20. The van der Waals surface area contributed by atoms with Crippen LogP contribution in [-0.4, -0.2) is 52.6 Å². The Labute approximate surface area is 171 Å². The number of piperazine rings is 1. The van der Waals surface area contributed by atoms with Crippen molar-refractivity contribution in [3.63, 3.8) is 0 Å².